The van der Waals surface area contributed by atoms with E-state index in [0.29, 0.717) is 11.0 Å². The van der Waals surface area contributed by atoms with Crippen molar-refractivity contribution in [2.24, 2.45) is 0 Å². The number of aromatic hydroxyl groups is 1. The van der Waals surface area contributed by atoms with Crippen molar-refractivity contribution in [1.29, 1.82) is 0 Å². The normalized spacial score (nSPS) is 10.7. The molecule has 3 aromatic rings. The molecule has 88 valence electrons. The third-order valence-corrected chi connectivity index (χ3v) is 2.72. The molecule has 0 aliphatic rings. The van der Waals surface area contributed by atoms with Crippen molar-refractivity contribution < 1.29 is 9.52 Å². The Morgan fingerprint density at radius 3 is 2.78 bits per heavy atom. The molecule has 0 saturated heterocycles. The summed E-state index contributed by atoms with van der Waals surface area (Å²) in [5, 5.41) is 10.2. The summed E-state index contributed by atoms with van der Waals surface area (Å²) in [6.45, 7) is 0. The molecular formula is C14H9NO3. The van der Waals surface area contributed by atoms with Crippen LogP contribution >= 0.6 is 0 Å². The van der Waals surface area contributed by atoms with Crippen molar-refractivity contribution in [2.45, 2.75) is 0 Å². The first-order valence-electron chi connectivity index (χ1n) is 5.41. The average Bonchev–Trinajstić information content (AvgIpc) is 2.39. The first-order valence-corrected chi connectivity index (χ1v) is 5.41. The van der Waals surface area contributed by atoms with Crippen LogP contribution in [0.2, 0.25) is 0 Å². The second kappa shape index (κ2) is 4.00. The minimum absolute atomic E-state index is 0.0704. The molecular weight excluding hydrogens is 230 g/mol. The van der Waals surface area contributed by atoms with Gasteiger partial charge in [-0.1, -0.05) is 12.1 Å². The fourth-order valence-electron chi connectivity index (χ4n) is 1.86. The minimum Gasteiger partial charge on any atom is -0.507 e. The maximum Gasteiger partial charge on any atom is 0.339 e. The predicted octanol–water partition coefficient (Wildman–Crippen LogP) is 2.56. The van der Waals surface area contributed by atoms with Gasteiger partial charge in [-0.25, -0.2) is 4.79 Å². The van der Waals surface area contributed by atoms with E-state index in [1.807, 2.05) is 18.2 Å². The van der Waals surface area contributed by atoms with Crippen LogP contribution in [0, 0.1) is 0 Å². The third-order valence-electron chi connectivity index (χ3n) is 2.72. The number of pyridine rings is 1. The van der Waals surface area contributed by atoms with E-state index >= 15 is 0 Å². The lowest BCUT2D eigenvalue weighted by atomic mass is 10.1. The van der Waals surface area contributed by atoms with Gasteiger partial charge in [0, 0.05) is 18.0 Å². The van der Waals surface area contributed by atoms with E-state index in [0.717, 1.165) is 17.2 Å². The van der Waals surface area contributed by atoms with Crippen LogP contribution < -0.4 is 5.63 Å². The second-order valence-electron chi connectivity index (χ2n) is 3.90. The van der Waals surface area contributed by atoms with Gasteiger partial charge in [-0.3, -0.25) is 4.98 Å². The van der Waals surface area contributed by atoms with Crippen molar-refractivity contribution in [3.8, 4) is 16.9 Å². The van der Waals surface area contributed by atoms with Crippen LogP contribution in [-0.2, 0) is 0 Å². The molecule has 4 heteroatoms. The summed E-state index contributed by atoms with van der Waals surface area (Å²) >= 11 is 0. The molecule has 0 saturated carbocycles. The molecule has 0 bridgehead atoms. The summed E-state index contributed by atoms with van der Waals surface area (Å²) in [5.74, 6) is -0.0704. The fourth-order valence-corrected chi connectivity index (χ4v) is 1.86. The van der Waals surface area contributed by atoms with Crippen molar-refractivity contribution in [3.05, 3.63) is 59.2 Å². The van der Waals surface area contributed by atoms with Crippen LogP contribution in [0.5, 0.6) is 5.75 Å². The number of fused-ring (bicyclic) bond motifs is 1. The smallest absolute Gasteiger partial charge is 0.339 e. The topological polar surface area (TPSA) is 63.3 Å². The van der Waals surface area contributed by atoms with E-state index in [2.05, 4.69) is 4.98 Å². The monoisotopic (exact) mass is 239 g/mol. The Morgan fingerprint density at radius 2 is 2.00 bits per heavy atom. The quantitative estimate of drug-likeness (QED) is 0.663. The second-order valence-corrected chi connectivity index (χ2v) is 3.90. The Bertz CT molecular complexity index is 763. The van der Waals surface area contributed by atoms with Crippen LogP contribution in [0.1, 0.15) is 0 Å². The van der Waals surface area contributed by atoms with Crippen molar-refractivity contribution in [3.63, 3.8) is 0 Å². The predicted molar refractivity (Wildman–Crippen MR) is 67.4 cm³/mol. The Labute approximate surface area is 102 Å². The molecule has 1 aromatic carbocycles. The van der Waals surface area contributed by atoms with Crippen LogP contribution in [0.25, 0.3) is 22.1 Å². The van der Waals surface area contributed by atoms with Crippen LogP contribution in [0.4, 0.5) is 0 Å². The molecule has 0 aliphatic carbocycles. The third kappa shape index (κ3) is 1.73. The van der Waals surface area contributed by atoms with Gasteiger partial charge < -0.3 is 9.52 Å². The van der Waals surface area contributed by atoms with Gasteiger partial charge in [0.1, 0.15) is 11.3 Å². The standard InChI is InChI=1S/C14H9NO3/c16-12-7-14(17)18-13-6-9(3-4-11(12)13)10-2-1-5-15-8-10/h1-8,16H. The maximum atomic E-state index is 11.2. The van der Waals surface area contributed by atoms with Gasteiger partial charge in [-0.2, -0.15) is 0 Å². The van der Waals surface area contributed by atoms with Crippen molar-refractivity contribution >= 4 is 11.0 Å². The van der Waals surface area contributed by atoms with Crippen LogP contribution in [0.3, 0.4) is 0 Å². The molecule has 1 N–H and O–H groups in total. The molecule has 0 amide bonds. The largest absolute Gasteiger partial charge is 0.507 e. The average molecular weight is 239 g/mol. The highest BCUT2D eigenvalue weighted by molar-refractivity contribution is 5.86. The number of hydrogen-bond donors (Lipinski definition) is 1. The number of aromatic nitrogens is 1. The number of hydrogen-bond acceptors (Lipinski definition) is 4. The Morgan fingerprint density at radius 1 is 1.11 bits per heavy atom. The van der Waals surface area contributed by atoms with Gasteiger partial charge in [0.25, 0.3) is 0 Å². The van der Waals surface area contributed by atoms with Crippen LogP contribution in [0.15, 0.2) is 58.0 Å². The Balaban J connectivity index is 2.26. The van der Waals surface area contributed by atoms with E-state index in [1.165, 1.54) is 0 Å². The van der Waals surface area contributed by atoms with Crippen molar-refractivity contribution in [1.82, 2.24) is 4.98 Å². The SMILES string of the molecule is O=c1cc(O)c2ccc(-c3cccnc3)cc2o1. The van der Waals surface area contributed by atoms with E-state index in [1.54, 1.807) is 24.5 Å². The molecule has 3 rings (SSSR count). The van der Waals surface area contributed by atoms with Gasteiger partial charge in [-0.15, -0.1) is 0 Å². The highest BCUT2D eigenvalue weighted by Crippen LogP contribution is 2.27. The van der Waals surface area contributed by atoms with E-state index in [4.69, 9.17) is 4.42 Å². The van der Waals surface area contributed by atoms with Crippen molar-refractivity contribution in [2.75, 3.05) is 0 Å². The minimum atomic E-state index is -0.566. The summed E-state index contributed by atoms with van der Waals surface area (Å²) in [6.07, 6.45) is 3.42. The summed E-state index contributed by atoms with van der Waals surface area (Å²) < 4.78 is 5.07. The first kappa shape index (κ1) is 10.5. The lowest BCUT2D eigenvalue weighted by Crippen LogP contribution is -1.95. The molecule has 18 heavy (non-hydrogen) atoms. The van der Waals surface area contributed by atoms with Gasteiger partial charge >= 0.3 is 5.63 Å². The molecule has 0 spiro atoms. The zero-order chi connectivity index (χ0) is 12.5. The lowest BCUT2D eigenvalue weighted by molar-refractivity contribution is 0.468. The highest BCUT2D eigenvalue weighted by atomic mass is 16.4. The Kier molecular flexibility index (Phi) is 2.34. The van der Waals surface area contributed by atoms with Gasteiger partial charge in [0.05, 0.1) is 11.5 Å². The van der Waals surface area contributed by atoms with Crippen LogP contribution in [-0.4, -0.2) is 10.1 Å². The maximum absolute atomic E-state index is 11.2. The van der Waals surface area contributed by atoms with E-state index in [-0.39, 0.29) is 5.75 Å². The van der Waals surface area contributed by atoms with Gasteiger partial charge in [-0.05, 0) is 23.8 Å². The van der Waals surface area contributed by atoms with Gasteiger partial charge in [0.2, 0.25) is 0 Å². The van der Waals surface area contributed by atoms with E-state index < -0.39 is 5.63 Å². The molecule has 0 aliphatic heterocycles. The van der Waals surface area contributed by atoms with Gasteiger partial charge in [0.15, 0.2) is 0 Å². The highest BCUT2D eigenvalue weighted by Gasteiger charge is 2.06. The summed E-state index contributed by atoms with van der Waals surface area (Å²) in [7, 11) is 0. The first-order chi connectivity index (χ1) is 8.74. The molecule has 2 aromatic heterocycles. The summed E-state index contributed by atoms with van der Waals surface area (Å²) in [6, 6.07) is 10.1. The Hall–Kier alpha value is -2.62. The number of benzene rings is 1. The molecule has 0 atom stereocenters. The summed E-state index contributed by atoms with van der Waals surface area (Å²) in [4.78, 5) is 15.2. The molecule has 0 fully saturated rings. The van der Waals surface area contributed by atoms with E-state index in [9.17, 15) is 9.90 Å². The molecule has 4 nitrogen and oxygen atoms in total. The molecule has 0 radical (unpaired) electrons. The molecule has 0 unspecified atom stereocenters. The number of rotatable bonds is 1. The fraction of sp³-hybridized carbons (Fsp3) is 0. The lowest BCUT2D eigenvalue weighted by Gasteiger charge is -2.03. The summed E-state index contributed by atoms with van der Waals surface area (Å²) in [5.41, 5.74) is 1.60. The molecule has 2 heterocycles. The number of nitrogens with zero attached hydrogens (tertiary/aromatic N) is 1. The zero-order valence-corrected chi connectivity index (χ0v) is 9.33. The zero-order valence-electron chi connectivity index (χ0n) is 9.33.